The Hall–Kier alpha value is -0.740. The standard InChI is InChI=1S/C10H11ClF3N/c1-6(15)4-7-2-3-9(11)8(5-7)10(12,13)14/h2-3,5-6H,4,15H2,1H3/t6-/m0/s1. The van der Waals surface area contributed by atoms with Crippen LogP contribution in [0.15, 0.2) is 18.2 Å². The summed E-state index contributed by atoms with van der Waals surface area (Å²) in [6.07, 6.45) is -4.01. The van der Waals surface area contributed by atoms with Gasteiger partial charge >= 0.3 is 6.18 Å². The fourth-order valence-electron chi connectivity index (χ4n) is 1.29. The van der Waals surface area contributed by atoms with Gasteiger partial charge in [-0.25, -0.2) is 0 Å². The summed E-state index contributed by atoms with van der Waals surface area (Å²) in [7, 11) is 0. The van der Waals surface area contributed by atoms with Crippen LogP contribution in [0, 0.1) is 0 Å². The number of halogens is 4. The van der Waals surface area contributed by atoms with Gasteiger partial charge in [-0.2, -0.15) is 13.2 Å². The van der Waals surface area contributed by atoms with Gasteiger partial charge < -0.3 is 5.73 Å². The lowest BCUT2D eigenvalue weighted by molar-refractivity contribution is -0.137. The minimum absolute atomic E-state index is 0.174. The van der Waals surface area contributed by atoms with Crippen LogP contribution < -0.4 is 5.73 Å². The van der Waals surface area contributed by atoms with E-state index in [1.54, 1.807) is 13.0 Å². The van der Waals surface area contributed by atoms with Crippen LogP contribution in [-0.2, 0) is 12.6 Å². The molecular formula is C10H11ClF3N. The summed E-state index contributed by atoms with van der Waals surface area (Å²) in [5.41, 5.74) is 5.25. The zero-order chi connectivity index (χ0) is 11.6. The molecule has 0 amide bonds. The molecule has 15 heavy (non-hydrogen) atoms. The van der Waals surface area contributed by atoms with E-state index in [0.717, 1.165) is 6.07 Å². The van der Waals surface area contributed by atoms with Crippen LogP contribution in [0.1, 0.15) is 18.1 Å². The zero-order valence-corrected chi connectivity index (χ0v) is 8.86. The van der Waals surface area contributed by atoms with Gasteiger partial charge in [-0.05, 0) is 31.0 Å². The SMILES string of the molecule is C[C@H](N)Cc1ccc(Cl)c(C(F)(F)F)c1. The second-order valence-corrected chi connectivity index (χ2v) is 3.90. The first-order chi connectivity index (χ1) is 6.80. The summed E-state index contributed by atoms with van der Waals surface area (Å²) in [4.78, 5) is 0. The Balaban J connectivity index is 3.06. The largest absolute Gasteiger partial charge is 0.417 e. The molecule has 0 radical (unpaired) electrons. The summed E-state index contributed by atoms with van der Waals surface area (Å²) >= 11 is 5.47. The van der Waals surface area contributed by atoms with Gasteiger partial charge in [-0.1, -0.05) is 17.7 Å². The van der Waals surface area contributed by atoms with Gasteiger partial charge in [0.1, 0.15) is 0 Å². The molecule has 0 saturated heterocycles. The summed E-state index contributed by atoms with van der Waals surface area (Å²) in [5.74, 6) is 0. The third-order valence-corrected chi connectivity index (χ3v) is 2.22. The zero-order valence-electron chi connectivity index (χ0n) is 8.11. The van der Waals surface area contributed by atoms with E-state index in [4.69, 9.17) is 17.3 Å². The Bertz CT molecular complexity index is 347. The molecule has 0 aliphatic carbocycles. The van der Waals surface area contributed by atoms with Gasteiger partial charge in [-0.3, -0.25) is 0 Å². The molecule has 84 valence electrons. The Morgan fingerprint density at radius 1 is 1.40 bits per heavy atom. The highest BCUT2D eigenvalue weighted by Crippen LogP contribution is 2.35. The fraction of sp³-hybridized carbons (Fsp3) is 0.400. The van der Waals surface area contributed by atoms with E-state index in [2.05, 4.69) is 0 Å². The maximum Gasteiger partial charge on any atom is 0.417 e. The normalized spacial score (nSPS) is 14.0. The molecule has 0 bridgehead atoms. The second kappa shape index (κ2) is 4.41. The number of hydrogen-bond donors (Lipinski definition) is 1. The predicted octanol–water partition coefficient (Wildman–Crippen LogP) is 3.25. The number of alkyl halides is 3. The lowest BCUT2D eigenvalue weighted by Crippen LogP contribution is -2.18. The summed E-state index contributed by atoms with van der Waals surface area (Å²) in [6, 6.07) is 3.68. The highest BCUT2D eigenvalue weighted by molar-refractivity contribution is 6.31. The van der Waals surface area contributed by atoms with Crippen LogP contribution in [0.3, 0.4) is 0 Å². The smallest absolute Gasteiger partial charge is 0.328 e. The minimum Gasteiger partial charge on any atom is -0.328 e. The third-order valence-electron chi connectivity index (χ3n) is 1.89. The van der Waals surface area contributed by atoms with Gasteiger partial charge in [0.05, 0.1) is 10.6 Å². The van der Waals surface area contributed by atoms with Crippen molar-refractivity contribution in [1.29, 1.82) is 0 Å². The van der Waals surface area contributed by atoms with Crippen LogP contribution in [-0.4, -0.2) is 6.04 Å². The Morgan fingerprint density at radius 2 is 2.00 bits per heavy atom. The average molecular weight is 238 g/mol. The first kappa shape index (κ1) is 12.3. The van der Waals surface area contributed by atoms with Crippen LogP contribution in [0.2, 0.25) is 5.02 Å². The summed E-state index contributed by atoms with van der Waals surface area (Å²) < 4.78 is 37.4. The van der Waals surface area contributed by atoms with E-state index in [0.29, 0.717) is 12.0 Å². The van der Waals surface area contributed by atoms with Crippen molar-refractivity contribution in [2.45, 2.75) is 25.6 Å². The molecule has 0 aliphatic rings. The number of nitrogens with two attached hydrogens (primary N) is 1. The highest BCUT2D eigenvalue weighted by atomic mass is 35.5. The van der Waals surface area contributed by atoms with Gasteiger partial charge in [0.25, 0.3) is 0 Å². The molecule has 0 aromatic heterocycles. The molecule has 1 rings (SSSR count). The number of rotatable bonds is 2. The van der Waals surface area contributed by atoms with E-state index in [9.17, 15) is 13.2 Å². The Kier molecular flexibility index (Phi) is 3.62. The van der Waals surface area contributed by atoms with Crippen molar-refractivity contribution in [2.24, 2.45) is 5.73 Å². The summed E-state index contributed by atoms with van der Waals surface area (Å²) in [5, 5.41) is -0.282. The average Bonchev–Trinajstić information content (AvgIpc) is 2.05. The van der Waals surface area contributed by atoms with Crippen molar-refractivity contribution in [3.05, 3.63) is 34.3 Å². The molecular weight excluding hydrogens is 227 g/mol. The molecule has 5 heteroatoms. The van der Waals surface area contributed by atoms with E-state index < -0.39 is 11.7 Å². The van der Waals surface area contributed by atoms with Gasteiger partial charge in [-0.15, -0.1) is 0 Å². The van der Waals surface area contributed by atoms with Crippen molar-refractivity contribution in [3.8, 4) is 0 Å². The summed E-state index contributed by atoms with van der Waals surface area (Å²) in [6.45, 7) is 1.74. The lowest BCUT2D eigenvalue weighted by atomic mass is 10.0. The second-order valence-electron chi connectivity index (χ2n) is 3.49. The van der Waals surface area contributed by atoms with E-state index in [1.165, 1.54) is 6.07 Å². The minimum atomic E-state index is -4.41. The van der Waals surface area contributed by atoms with E-state index in [1.807, 2.05) is 0 Å². The van der Waals surface area contributed by atoms with Crippen molar-refractivity contribution < 1.29 is 13.2 Å². The fourth-order valence-corrected chi connectivity index (χ4v) is 1.51. The van der Waals surface area contributed by atoms with Crippen molar-refractivity contribution in [1.82, 2.24) is 0 Å². The van der Waals surface area contributed by atoms with Crippen molar-refractivity contribution >= 4 is 11.6 Å². The highest BCUT2D eigenvalue weighted by Gasteiger charge is 2.33. The molecule has 1 atom stereocenters. The van der Waals surface area contributed by atoms with Crippen LogP contribution in [0.25, 0.3) is 0 Å². The number of benzene rings is 1. The predicted molar refractivity (Wildman–Crippen MR) is 53.8 cm³/mol. The van der Waals surface area contributed by atoms with Gasteiger partial charge in [0, 0.05) is 6.04 Å². The van der Waals surface area contributed by atoms with Gasteiger partial charge in [0.15, 0.2) is 0 Å². The molecule has 1 nitrogen and oxygen atoms in total. The molecule has 1 aromatic rings. The van der Waals surface area contributed by atoms with Crippen molar-refractivity contribution in [2.75, 3.05) is 0 Å². The van der Waals surface area contributed by atoms with Crippen LogP contribution >= 0.6 is 11.6 Å². The van der Waals surface area contributed by atoms with Crippen LogP contribution in [0.5, 0.6) is 0 Å². The molecule has 0 aliphatic heterocycles. The molecule has 0 fully saturated rings. The van der Waals surface area contributed by atoms with Gasteiger partial charge in [0.2, 0.25) is 0 Å². The molecule has 2 N–H and O–H groups in total. The molecule has 0 heterocycles. The topological polar surface area (TPSA) is 26.0 Å². The quantitative estimate of drug-likeness (QED) is 0.840. The maximum atomic E-state index is 12.5. The van der Waals surface area contributed by atoms with Crippen molar-refractivity contribution in [3.63, 3.8) is 0 Å². The Morgan fingerprint density at radius 3 is 2.47 bits per heavy atom. The molecule has 1 aromatic carbocycles. The Labute approximate surface area is 91.0 Å². The lowest BCUT2D eigenvalue weighted by Gasteiger charge is -2.11. The maximum absolute atomic E-state index is 12.5. The molecule has 0 spiro atoms. The first-order valence-electron chi connectivity index (χ1n) is 4.42. The molecule has 0 unspecified atom stereocenters. The van der Waals surface area contributed by atoms with Crippen LogP contribution in [0.4, 0.5) is 13.2 Å². The third kappa shape index (κ3) is 3.39. The first-order valence-corrected chi connectivity index (χ1v) is 4.79. The van der Waals surface area contributed by atoms with E-state index in [-0.39, 0.29) is 11.1 Å². The molecule has 0 saturated carbocycles. The number of hydrogen-bond acceptors (Lipinski definition) is 1. The monoisotopic (exact) mass is 237 g/mol. The van der Waals surface area contributed by atoms with E-state index >= 15 is 0 Å².